The van der Waals surface area contributed by atoms with Crippen molar-refractivity contribution in [2.24, 2.45) is 0 Å². The molecule has 2 aromatic carbocycles. The van der Waals surface area contributed by atoms with Crippen LogP contribution in [0.4, 0.5) is 0 Å². The van der Waals surface area contributed by atoms with E-state index in [0.29, 0.717) is 42.5 Å². The van der Waals surface area contributed by atoms with Crippen LogP contribution >= 0.6 is 23.2 Å². The summed E-state index contributed by atoms with van der Waals surface area (Å²) in [5.41, 5.74) is 1.54. The maximum absolute atomic E-state index is 12.5. The molecule has 0 saturated carbocycles. The van der Waals surface area contributed by atoms with Crippen LogP contribution in [0.15, 0.2) is 48.5 Å². The summed E-state index contributed by atoms with van der Waals surface area (Å²) in [5.74, 6) is 0. The Morgan fingerprint density at radius 2 is 1.42 bits per heavy atom. The molecule has 0 aromatic heterocycles. The van der Waals surface area contributed by atoms with E-state index < -0.39 is 15.6 Å². The summed E-state index contributed by atoms with van der Waals surface area (Å²) in [4.78, 5) is 0. The quantitative estimate of drug-likeness (QED) is 0.818. The van der Waals surface area contributed by atoms with Gasteiger partial charge in [-0.2, -0.15) is 4.31 Å². The molecule has 0 atom stereocenters. The largest absolute Gasteiger partial charge is 0.314 e. The summed E-state index contributed by atoms with van der Waals surface area (Å²) in [6, 6.07) is 15.2. The summed E-state index contributed by atoms with van der Waals surface area (Å²) >= 11 is 12.0. The Hall–Kier alpha value is -1.11. The first kappa shape index (κ1) is 19.6. The zero-order valence-electron chi connectivity index (χ0n) is 14.6. The molecule has 1 N–H and O–H groups in total. The van der Waals surface area contributed by atoms with E-state index in [9.17, 15) is 8.42 Å². The Morgan fingerprint density at radius 3 is 1.85 bits per heavy atom. The molecule has 1 saturated heterocycles. The summed E-state index contributed by atoms with van der Waals surface area (Å²) < 4.78 is 26.7. The van der Waals surface area contributed by atoms with Gasteiger partial charge in [0.05, 0.1) is 11.8 Å². The lowest BCUT2D eigenvalue weighted by Gasteiger charge is -2.46. The Morgan fingerprint density at radius 1 is 0.962 bits per heavy atom. The molecule has 140 valence electrons. The number of rotatable bonds is 5. The van der Waals surface area contributed by atoms with E-state index in [-0.39, 0.29) is 0 Å². The van der Waals surface area contributed by atoms with Crippen LogP contribution in [0.1, 0.15) is 11.1 Å². The Kier molecular flexibility index (Phi) is 5.94. The van der Waals surface area contributed by atoms with Gasteiger partial charge in [-0.05, 0) is 48.2 Å². The smallest absolute Gasteiger partial charge is 0.211 e. The number of sulfonamides is 1. The third-order valence-electron chi connectivity index (χ3n) is 4.77. The van der Waals surface area contributed by atoms with Gasteiger partial charge >= 0.3 is 0 Å². The van der Waals surface area contributed by atoms with Crippen LogP contribution < -0.4 is 5.32 Å². The fourth-order valence-electron chi connectivity index (χ4n) is 3.67. The van der Waals surface area contributed by atoms with E-state index in [1.54, 1.807) is 4.31 Å². The predicted octanol–water partition coefficient (Wildman–Crippen LogP) is 3.38. The van der Waals surface area contributed by atoms with E-state index in [2.05, 4.69) is 5.32 Å². The monoisotopic (exact) mass is 412 g/mol. The lowest BCUT2D eigenvalue weighted by Crippen LogP contribution is -2.64. The number of hydrogen-bond donors (Lipinski definition) is 1. The lowest BCUT2D eigenvalue weighted by molar-refractivity contribution is 0.146. The molecular formula is C19H22Cl2N2O2S. The molecular weight excluding hydrogens is 391 g/mol. The van der Waals surface area contributed by atoms with Crippen molar-refractivity contribution in [3.63, 3.8) is 0 Å². The number of halogens is 2. The van der Waals surface area contributed by atoms with Crippen LogP contribution in [0.2, 0.25) is 10.0 Å². The van der Waals surface area contributed by atoms with Crippen LogP contribution in [0, 0.1) is 0 Å². The van der Waals surface area contributed by atoms with Crippen LogP contribution in [-0.4, -0.2) is 44.2 Å². The van der Waals surface area contributed by atoms with Crippen LogP contribution in [0.3, 0.4) is 0 Å². The molecule has 0 aliphatic carbocycles. The fraction of sp³-hybridized carbons (Fsp3) is 0.368. The van der Waals surface area contributed by atoms with Crippen LogP contribution in [0.25, 0.3) is 0 Å². The van der Waals surface area contributed by atoms with Crippen molar-refractivity contribution >= 4 is 33.2 Å². The van der Waals surface area contributed by atoms with Gasteiger partial charge in [-0.15, -0.1) is 0 Å². The zero-order chi connectivity index (χ0) is 18.8. The van der Waals surface area contributed by atoms with Gasteiger partial charge in [0.15, 0.2) is 0 Å². The van der Waals surface area contributed by atoms with E-state index >= 15 is 0 Å². The molecule has 4 nitrogen and oxygen atoms in total. The molecule has 0 unspecified atom stereocenters. The van der Waals surface area contributed by atoms with Crippen LogP contribution in [0.5, 0.6) is 0 Å². The Balaban J connectivity index is 2.01. The number of piperazine rings is 1. The van der Waals surface area contributed by atoms with Crippen molar-refractivity contribution in [3.8, 4) is 0 Å². The van der Waals surface area contributed by atoms with Gasteiger partial charge in [-0.25, -0.2) is 8.42 Å². The topological polar surface area (TPSA) is 49.4 Å². The molecule has 0 spiro atoms. The molecule has 1 aliphatic rings. The second kappa shape index (κ2) is 7.87. The molecule has 26 heavy (non-hydrogen) atoms. The first-order chi connectivity index (χ1) is 12.3. The second-order valence-electron chi connectivity index (χ2n) is 6.84. The average molecular weight is 413 g/mol. The molecule has 7 heteroatoms. The fourth-order valence-corrected chi connectivity index (χ4v) is 5.24. The molecule has 1 heterocycles. The first-order valence-corrected chi connectivity index (χ1v) is 11.1. The minimum atomic E-state index is -3.35. The number of benzene rings is 2. The van der Waals surface area contributed by atoms with Gasteiger partial charge in [0.1, 0.15) is 0 Å². The van der Waals surface area contributed by atoms with Crippen molar-refractivity contribution in [2.45, 2.75) is 18.4 Å². The highest BCUT2D eigenvalue weighted by Gasteiger charge is 2.43. The highest BCUT2D eigenvalue weighted by Crippen LogP contribution is 2.30. The molecule has 0 amide bonds. The number of nitrogens with zero attached hydrogens (tertiary/aromatic N) is 1. The molecule has 0 bridgehead atoms. The molecule has 2 aromatic rings. The van der Waals surface area contributed by atoms with Gasteiger partial charge < -0.3 is 5.32 Å². The molecule has 3 rings (SSSR count). The second-order valence-corrected chi connectivity index (χ2v) is 9.62. The minimum absolute atomic E-state index is 0.458. The van der Waals surface area contributed by atoms with Gasteiger partial charge in [0.25, 0.3) is 0 Å². The summed E-state index contributed by atoms with van der Waals surface area (Å²) in [6.45, 7) is 1.70. The standard InChI is InChI=1S/C19H22Cl2N2O2S/c1-26(24,25)23-11-10-22-14-19(23,12-15-2-6-17(20)7-3-15)13-16-4-8-18(21)9-5-16/h2-9,22H,10-14H2,1H3. The SMILES string of the molecule is CS(=O)(=O)N1CCNCC1(Cc1ccc(Cl)cc1)Cc1ccc(Cl)cc1. The van der Waals surface area contributed by atoms with Crippen LogP contribution in [-0.2, 0) is 22.9 Å². The van der Waals surface area contributed by atoms with Gasteiger partial charge in [-0.1, -0.05) is 47.5 Å². The normalized spacial score (nSPS) is 18.0. The van der Waals surface area contributed by atoms with E-state index in [1.165, 1.54) is 6.26 Å². The van der Waals surface area contributed by atoms with Crippen molar-refractivity contribution in [2.75, 3.05) is 25.9 Å². The predicted molar refractivity (Wildman–Crippen MR) is 107 cm³/mol. The Bertz CT molecular complexity index is 805. The highest BCUT2D eigenvalue weighted by atomic mass is 35.5. The number of nitrogens with one attached hydrogen (secondary N) is 1. The van der Waals surface area contributed by atoms with Gasteiger partial charge in [0.2, 0.25) is 10.0 Å². The summed E-state index contributed by atoms with van der Waals surface area (Å²) in [6.07, 6.45) is 2.50. The summed E-state index contributed by atoms with van der Waals surface area (Å²) in [7, 11) is -3.35. The van der Waals surface area contributed by atoms with Crippen molar-refractivity contribution in [3.05, 3.63) is 69.7 Å². The van der Waals surface area contributed by atoms with Gasteiger partial charge in [0, 0.05) is 29.7 Å². The third-order valence-corrected chi connectivity index (χ3v) is 6.64. The molecule has 0 radical (unpaired) electrons. The van der Waals surface area contributed by atoms with Crippen molar-refractivity contribution < 1.29 is 8.42 Å². The van der Waals surface area contributed by atoms with Gasteiger partial charge in [-0.3, -0.25) is 0 Å². The van der Waals surface area contributed by atoms with E-state index in [1.807, 2.05) is 48.5 Å². The maximum atomic E-state index is 12.5. The van der Waals surface area contributed by atoms with Crippen molar-refractivity contribution in [1.82, 2.24) is 9.62 Å². The first-order valence-electron chi connectivity index (χ1n) is 8.46. The summed E-state index contributed by atoms with van der Waals surface area (Å²) in [5, 5.41) is 4.72. The minimum Gasteiger partial charge on any atom is -0.314 e. The van der Waals surface area contributed by atoms with E-state index in [4.69, 9.17) is 23.2 Å². The number of hydrogen-bond acceptors (Lipinski definition) is 3. The van der Waals surface area contributed by atoms with E-state index in [0.717, 1.165) is 11.1 Å². The third kappa shape index (κ3) is 4.59. The zero-order valence-corrected chi connectivity index (χ0v) is 16.9. The Labute approximate surface area is 165 Å². The van der Waals surface area contributed by atoms with Crippen molar-refractivity contribution in [1.29, 1.82) is 0 Å². The molecule has 1 aliphatic heterocycles. The lowest BCUT2D eigenvalue weighted by atomic mass is 9.83. The average Bonchev–Trinajstić information content (AvgIpc) is 2.58. The molecule has 1 fully saturated rings. The highest BCUT2D eigenvalue weighted by molar-refractivity contribution is 7.88. The maximum Gasteiger partial charge on any atom is 0.211 e.